The molecule has 258 valence electrons. The number of benzene rings is 7. The van der Waals surface area contributed by atoms with Gasteiger partial charge < -0.3 is 9.64 Å². The van der Waals surface area contributed by atoms with Crippen LogP contribution in [-0.4, -0.2) is 6.10 Å². The maximum absolute atomic E-state index is 6.68. The van der Waals surface area contributed by atoms with Crippen molar-refractivity contribution in [3.05, 3.63) is 217 Å². The molecule has 0 bridgehead atoms. The molecule has 0 radical (unpaired) electrons. The minimum absolute atomic E-state index is 0.00627. The second kappa shape index (κ2) is 13.7. The van der Waals surface area contributed by atoms with Crippen molar-refractivity contribution in [1.29, 1.82) is 0 Å². The molecular formula is C52H39NO. The van der Waals surface area contributed by atoms with E-state index in [-0.39, 0.29) is 12.0 Å². The first-order valence-electron chi connectivity index (χ1n) is 19.0. The summed E-state index contributed by atoms with van der Waals surface area (Å²) in [6.45, 7) is 0. The second-order valence-corrected chi connectivity index (χ2v) is 14.3. The lowest BCUT2D eigenvalue weighted by molar-refractivity contribution is 0.269. The molecule has 0 amide bonds. The number of rotatable bonds is 7. The maximum atomic E-state index is 6.68. The molecule has 0 saturated carbocycles. The third-order valence-corrected chi connectivity index (χ3v) is 11.1. The zero-order valence-corrected chi connectivity index (χ0v) is 30.0. The SMILES string of the molecule is C1=CCCC(c2cc3c(c4ccccc24)C2C=C(c4cccc(-c5cccc(N(c6ccccc6)c6ccc(-c7ccccc7)cc6)c5)c4)C=CC2O3)=C1. The minimum atomic E-state index is -0.00627. The van der Waals surface area contributed by atoms with Crippen molar-refractivity contribution in [2.75, 3.05) is 4.90 Å². The number of anilines is 3. The Kier molecular flexibility index (Phi) is 8.15. The number of ether oxygens (including phenoxy) is 1. The van der Waals surface area contributed by atoms with E-state index in [9.17, 15) is 0 Å². The van der Waals surface area contributed by atoms with E-state index in [1.54, 1.807) is 0 Å². The van der Waals surface area contributed by atoms with Crippen molar-refractivity contribution in [2.45, 2.75) is 24.9 Å². The van der Waals surface area contributed by atoms with Gasteiger partial charge in [0.15, 0.2) is 0 Å². The van der Waals surface area contributed by atoms with Gasteiger partial charge in [-0.2, -0.15) is 0 Å². The minimum Gasteiger partial charge on any atom is -0.485 e. The molecule has 7 aromatic carbocycles. The van der Waals surface area contributed by atoms with Crippen molar-refractivity contribution in [1.82, 2.24) is 0 Å². The molecule has 10 rings (SSSR count). The predicted molar refractivity (Wildman–Crippen MR) is 227 cm³/mol. The first-order valence-corrected chi connectivity index (χ1v) is 19.0. The Morgan fingerprint density at radius 1 is 0.537 bits per heavy atom. The molecule has 3 aliphatic rings. The summed E-state index contributed by atoms with van der Waals surface area (Å²) < 4.78 is 6.68. The zero-order chi connectivity index (χ0) is 35.8. The van der Waals surface area contributed by atoms with Crippen LogP contribution in [0.25, 0.3) is 44.2 Å². The molecule has 2 unspecified atom stereocenters. The highest BCUT2D eigenvalue weighted by Gasteiger charge is 2.36. The van der Waals surface area contributed by atoms with Gasteiger partial charge in [-0.1, -0.05) is 146 Å². The molecule has 54 heavy (non-hydrogen) atoms. The Morgan fingerprint density at radius 3 is 1.98 bits per heavy atom. The molecule has 0 aromatic heterocycles. The highest BCUT2D eigenvalue weighted by molar-refractivity contribution is 5.99. The summed E-state index contributed by atoms with van der Waals surface area (Å²) in [5.41, 5.74) is 14.5. The van der Waals surface area contributed by atoms with Crippen LogP contribution in [0.4, 0.5) is 17.1 Å². The van der Waals surface area contributed by atoms with E-state index in [2.05, 4.69) is 205 Å². The molecule has 0 spiro atoms. The van der Waals surface area contributed by atoms with Crippen molar-refractivity contribution < 1.29 is 4.74 Å². The van der Waals surface area contributed by atoms with Crippen molar-refractivity contribution in [3.8, 4) is 28.0 Å². The molecule has 0 saturated heterocycles. The van der Waals surface area contributed by atoms with Gasteiger partial charge in [-0.3, -0.25) is 0 Å². The lowest BCUT2D eigenvalue weighted by Crippen LogP contribution is -2.17. The Morgan fingerprint density at radius 2 is 1.19 bits per heavy atom. The third kappa shape index (κ3) is 5.87. The van der Waals surface area contributed by atoms with Crippen LogP contribution in [0.3, 0.4) is 0 Å². The molecule has 1 aliphatic heterocycles. The van der Waals surface area contributed by atoms with Crippen LogP contribution >= 0.6 is 0 Å². The first-order chi connectivity index (χ1) is 26.8. The van der Waals surface area contributed by atoms with Gasteiger partial charge in [0.2, 0.25) is 0 Å². The average Bonchev–Trinajstić information content (AvgIpc) is 3.63. The van der Waals surface area contributed by atoms with Gasteiger partial charge in [0.05, 0.1) is 0 Å². The number of para-hydroxylation sites is 1. The zero-order valence-electron chi connectivity index (χ0n) is 30.0. The maximum Gasteiger partial charge on any atom is 0.128 e. The number of nitrogens with zero attached hydrogens (tertiary/aromatic N) is 1. The summed E-state index contributed by atoms with van der Waals surface area (Å²) >= 11 is 0. The predicted octanol–water partition coefficient (Wildman–Crippen LogP) is 13.9. The lowest BCUT2D eigenvalue weighted by atomic mass is 9.82. The Balaban J connectivity index is 0.991. The van der Waals surface area contributed by atoms with Crippen LogP contribution in [0, 0.1) is 0 Å². The largest absolute Gasteiger partial charge is 0.485 e. The molecular weight excluding hydrogens is 655 g/mol. The van der Waals surface area contributed by atoms with Gasteiger partial charge >= 0.3 is 0 Å². The summed E-state index contributed by atoms with van der Waals surface area (Å²) in [6.07, 6.45) is 15.8. The van der Waals surface area contributed by atoms with Crippen LogP contribution in [0.2, 0.25) is 0 Å². The van der Waals surface area contributed by atoms with Crippen molar-refractivity contribution in [3.63, 3.8) is 0 Å². The molecule has 0 fully saturated rings. The van der Waals surface area contributed by atoms with E-state index in [1.165, 1.54) is 60.9 Å². The van der Waals surface area contributed by atoms with Crippen LogP contribution in [0.15, 0.2) is 200 Å². The number of allylic oxidation sites excluding steroid dienone is 6. The smallest absolute Gasteiger partial charge is 0.128 e. The lowest BCUT2D eigenvalue weighted by Gasteiger charge is -2.26. The average molecular weight is 694 g/mol. The molecule has 0 N–H and O–H groups in total. The molecule has 2 aliphatic carbocycles. The van der Waals surface area contributed by atoms with E-state index in [4.69, 9.17) is 4.74 Å². The van der Waals surface area contributed by atoms with Crippen molar-refractivity contribution in [2.24, 2.45) is 0 Å². The fourth-order valence-electron chi connectivity index (χ4n) is 8.43. The van der Waals surface area contributed by atoms with Gasteiger partial charge in [0.25, 0.3) is 0 Å². The van der Waals surface area contributed by atoms with Gasteiger partial charge in [0.1, 0.15) is 11.9 Å². The fourth-order valence-corrected chi connectivity index (χ4v) is 8.43. The Hall–Kier alpha value is -6.64. The summed E-state index contributed by atoms with van der Waals surface area (Å²) in [5.74, 6) is 1.17. The van der Waals surface area contributed by atoms with E-state index in [1.807, 2.05) is 0 Å². The van der Waals surface area contributed by atoms with E-state index in [0.29, 0.717) is 0 Å². The van der Waals surface area contributed by atoms with Gasteiger partial charge in [-0.15, -0.1) is 0 Å². The van der Waals surface area contributed by atoms with Crippen LogP contribution in [-0.2, 0) is 0 Å². The second-order valence-electron chi connectivity index (χ2n) is 14.3. The monoisotopic (exact) mass is 693 g/mol. The van der Waals surface area contributed by atoms with Crippen LogP contribution < -0.4 is 9.64 Å². The van der Waals surface area contributed by atoms with E-state index >= 15 is 0 Å². The quantitative estimate of drug-likeness (QED) is 0.165. The first kappa shape index (κ1) is 32.0. The highest BCUT2D eigenvalue weighted by Crippen LogP contribution is 2.49. The summed E-state index contributed by atoms with van der Waals surface area (Å²) in [4.78, 5) is 2.34. The number of hydrogen-bond donors (Lipinski definition) is 0. The van der Waals surface area contributed by atoms with Gasteiger partial charge in [-0.05, 0) is 123 Å². The Bertz CT molecular complexity index is 2630. The fraction of sp³-hybridized carbons (Fsp3) is 0.0769. The van der Waals surface area contributed by atoms with E-state index < -0.39 is 0 Å². The summed E-state index contributed by atoms with van der Waals surface area (Å²) in [6, 6.07) is 59.1. The molecule has 7 aromatic rings. The molecule has 2 atom stereocenters. The Labute approximate surface area is 317 Å². The number of fused-ring (bicyclic) bond motifs is 5. The standard InChI is InChI=1S/C52H39NO/c1-4-14-36(15-5-1)37-26-29-44(30-27-37)53(43-21-8-3-9-22-43)45-23-13-20-41(33-45)39-18-12-19-40(32-39)42-28-31-50-49(34-42)52-47-25-11-10-24-46(47)48(35-51(52)54-50)38-16-6-2-7-17-38/h1-6,8-16,18-35,49-50H,7,17H2. The van der Waals surface area contributed by atoms with Crippen LogP contribution in [0.5, 0.6) is 5.75 Å². The van der Waals surface area contributed by atoms with Crippen LogP contribution in [0.1, 0.15) is 35.4 Å². The normalized spacial score (nSPS) is 17.0. The topological polar surface area (TPSA) is 12.5 Å². The number of hydrogen-bond acceptors (Lipinski definition) is 2. The highest BCUT2D eigenvalue weighted by atomic mass is 16.5. The van der Waals surface area contributed by atoms with Crippen molar-refractivity contribution >= 4 is 39.0 Å². The third-order valence-electron chi connectivity index (χ3n) is 11.1. The summed E-state index contributed by atoms with van der Waals surface area (Å²) in [5, 5.41) is 2.60. The molecule has 2 heteroatoms. The van der Waals surface area contributed by atoms with Gasteiger partial charge in [0, 0.05) is 28.5 Å². The molecule has 1 heterocycles. The van der Waals surface area contributed by atoms with Gasteiger partial charge in [-0.25, -0.2) is 0 Å². The summed E-state index contributed by atoms with van der Waals surface area (Å²) in [7, 11) is 0. The molecule has 2 nitrogen and oxygen atoms in total. The van der Waals surface area contributed by atoms with E-state index in [0.717, 1.165) is 35.7 Å².